The van der Waals surface area contributed by atoms with Gasteiger partial charge in [0.1, 0.15) is 0 Å². The van der Waals surface area contributed by atoms with Crippen LogP contribution in [0.2, 0.25) is 0 Å². The van der Waals surface area contributed by atoms with Gasteiger partial charge in [0.15, 0.2) is 5.78 Å². The second-order valence-electron chi connectivity index (χ2n) is 9.17. The Morgan fingerprint density at radius 1 is 1.00 bits per heavy atom. The molecule has 0 fully saturated rings. The number of aryl methyl sites for hydroxylation is 2. The average Bonchev–Trinajstić information content (AvgIpc) is 2.67. The summed E-state index contributed by atoms with van der Waals surface area (Å²) in [6.07, 6.45) is 2.58. The quantitative estimate of drug-likeness (QED) is 0.675. The summed E-state index contributed by atoms with van der Waals surface area (Å²) in [5.74, 6) is 0.118. The van der Waals surface area contributed by atoms with E-state index in [0.29, 0.717) is 12.8 Å². The number of anilines is 1. The van der Waals surface area contributed by atoms with Gasteiger partial charge in [0.05, 0.1) is 5.69 Å². The third-order valence-corrected chi connectivity index (χ3v) is 6.29. The van der Waals surface area contributed by atoms with Crippen molar-refractivity contribution in [3.63, 3.8) is 0 Å². The zero-order chi connectivity index (χ0) is 20.8. The molecule has 2 aliphatic rings. The normalized spacial score (nSPS) is 21.4. The van der Waals surface area contributed by atoms with Gasteiger partial charge in [0.25, 0.3) is 0 Å². The topological polar surface area (TPSA) is 37.4 Å². The van der Waals surface area contributed by atoms with Crippen LogP contribution in [0.1, 0.15) is 62.6 Å². The van der Waals surface area contributed by atoms with Crippen molar-refractivity contribution in [1.29, 1.82) is 0 Å². The summed E-state index contributed by atoms with van der Waals surface area (Å²) < 4.78 is 0. The van der Waals surface area contributed by atoms with Gasteiger partial charge in [-0.3, -0.25) is 14.5 Å². The van der Waals surface area contributed by atoms with Crippen LogP contribution in [0.15, 0.2) is 59.8 Å². The van der Waals surface area contributed by atoms with Crippen molar-refractivity contribution in [1.82, 2.24) is 0 Å². The molecule has 0 N–H and O–H groups in total. The van der Waals surface area contributed by atoms with E-state index in [-0.39, 0.29) is 23.0 Å². The first-order valence-electron chi connectivity index (χ1n) is 10.5. The third-order valence-electron chi connectivity index (χ3n) is 6.29. The van der Waals surface area contributed by atoms with Crippen LogP contribution in [-0.2, 0) is 16.0 Å². The van der Waals surface area contributed by atoms with Crippen LogP contribution in [0.4, 0.5) is 5.69 Å². The molecule has 0 saturated heterocycles. The lowest BCUT2D eigenvalue weighted by molar-refractivity contribution is -0.121. The van der Waals surface area contributed by atoms with E-state index in [4.69, 9.17) is 0 Å². The van der Waals surface area contributed by atoms with Crippen LogP contribution < -0.4 is 4.90 Å². The van der Waals surface area contributed by atoms with Gasteiger partial charge in [0, 0.05) is 30.0 Å². The molecular formula is C26H29NO2. The summed E-state index contributed by atoms with van der Waals surface area (Å²) in [7, 11) is 0. The molecule has 1 heterocycles. The van der Waals surface area contributed by atoms with Crippen molar-refractivity contribution in [2.45, 2.75) is 59.3 Å². The van der Waals surface area contributed by atoms with Crippen LogP contribution in [-0.4, -0.2) is 11.7 Å². The molecule has 1 atom stereocenters. The Bertz CT molecular complexity index is 998. The van der Waals surface area contributed by atoms with Gasteiger partial charge < -0.3 is 0 Å². The van der Waals surface area contributed by atoms with Crippen LogP contribution >= 0.6 is 0 Å². The highest BCUT2D eigenvalue weighted by Crippen LogP contribution is 2.48. The van der Waals surface area contributed by atoms with Crippen LogP contribution in [0.5, 0.6) is 0 Å². The minimum absolute atomic E-state index is 0.0770. The number of hydrogen-bond acceptors (Lipinski definition) is 2. The summed E-state index contributed by atoms with van der Waals surface area (Å²) >= 11 is 0. The Kier molecular flexibility index (Phi) is 4.94. The van der Waals surface area contributed by atoms with Crippen molar-refractivity contribution >= 4 is 17.4 Å². The first kappa shape index (κ1) is 19.6. The van der Waals surface area contributed by atoms with Crippen molar-refractivity contribution < 1.29 is 9.59 Å². The molecule has 0 spiro atoms. The van der Waals surface area contributed by atoms with E-state index in [1.54, 1.807) is 0 Å². The highest BCUT2D eigenvalue weighted by atomic mass is 16.2. The molecule has 0 saturated carbocycles. The lowest BCUT2D eigenvalue weighted by atomic mass is 9.69. The van der Waals surface area contributed by atoms with Gasteiger partial charge in [-0.15, -0.1) is 0 Å². The van der Waals surface area contributed by atoms with Gasteiger partial charge >= 0.3 is 0 Å². The van der Waals surface area contributed by atoms with E-state index in [9.17, 15) is 9.59 Å². The average molecular weight is 388 g/mol. The zero-order valence-electron chi connectivity index (χ0n) is 17.8. The molecule has 1 aliphatic carbocycles. The first-order chi connectivity index (χ1) is 13.8. The number of amides is 1. The smallest absolute Gasteiger partial charge is 0.232 e. The van der Waals surface area contributed by atoms with Crippen LogP contribution in [0, 0.1) is 12.3 Å². The van der Waals surface area contributed by atoms with Crippen molar-refractivity contribution in [3.8, 4) is 0 Å². The minimum Gasteiger partial charge on any atom is -0.294 e. The number of carbonyl (C=O) groups is 2. The SMILES string of the molecule is CCc1ccc(C2CC(=O)N(c3ccccc3C)C3=C2C(=O)CC(C)(C)C3)cc1. The number of carbonyl (C=O) groups excluding carboxylic acids is 2. The predicted molar refractivity (Wildman–Crippen MR) is 117 cm³/mol. The van der Waals surface area contributed by atoms with Gasteiger partial charge in [0.2, 0.25) is 5.91 Å². The molecule has 0 radical (unpaired) electrons. The van der Waals surface area contributed by atoms with E-state index < -0.39 is 0 Å². The number of para-hydroxylation sites is 1. The Hall–Kier alpha value is -2.68. The Balaban J connectivity index is 1.88. The molecule has 1 amide bonds. The lowest BCUT2D eigenvalue weighted by Crippen LogP contribution is -2.44. The van der Waals surface area contributed by atoms with E-state index in [0.717, 1.165) is 40.9 Å². The number of rotatable bonds is 3. The summed E-state index contributed by atoms with van der Waals surface area (Å²) in [6.45, 7) is 8.39. The third kappa shape index (κ3) is 3.55. The summed E-state index contributed by atoms with van der Waals surface area (Å²) in [4.78, 5) is 28.6. The minimum atomic E-state index is -0.148. The molecule has 3 heteroatoms. The standard InChI is InChI=1S/C26H29NO2/c1-5-18-10-12-19(13-11-18)20-14-24(29)27(21-9-7-6-8-17(21)2)22-15-26(3,4)16-23(28)25(20)22/h6-13,20H,5,14-16H2,1-4H3. The molecule has 1 aliphatic heterocycles. The Morgan fingerprint density at radius 3 is 2.34 bits per heavy atom. The number of Topliss-reactive ketones (excluding diaryl/α,β-unsaturated/α-hetero) is 1. The van der Waals surface area contributed by atoms with Crippen molar-refractivity contribution in [2.24, 2.45) is 5.41 Å². The molecule has 29 heavy (non-hydrogen) atoms. The summed E-state index contributed by atoms with van der Waals surface area (Å²) in [5, 5.41) is 0. The molecule has 150 valence electrons. The lowest BCUT2D eigenvalue weighted by Gasteiger charge is -2.43. The monoisotopic (exact) mass is 387 g/mol. The van der Waals surface area contributed by atoms with E-state index in [1.165, 1.54) is 5.56 Å². The highest BCUT2D eigenvalue weighted by molar-refractivity contribution is 6.08. The molecule has 3 nitrogen and oxygen atoms in total. The van der Waals surface area contributed by atoms with Gasteiger partial charge in [-0.05, 0) is 47.9 Å². The van der Waals surface area contributed by atoms with Gasteiger partial charge in [-0.25, -0.2) is 0 Å². The molecule has 1 unspecified atom stereocenters. The number of allylic oxidation sites excluding steroid dienone is 2. The molecule has 2 aromatic rings. The largest absolute Gasteiger partial charge is 0.294 e. The molecule has 0 bridgehead atoms. The Labute approximate surface area is 173 Å². The van der Waals surface area contributed by atoms with Crippen LogP contribution in [0.25, 0.3) is 0 Å². The van der Waals surface area contributed by atoms with E-state index in [1.807, 2.05) is 36.1 Å². The second-order valence-corrected chi connectivity index (χ2v) is 9.17. The number of nitrogens with zero attached hydrogens (tertiary/aromatic N) is 1. The summed E-state index contributed by atoms with van der Waals surface area (Å²) in [5.41, 5.74) is 5.89. The maximum absolute atomic E-state index is 13.4. The van der Waals surface area contributed by atoms with Crippen molar-refractivity contribution in [3.05, 3.63) is 76.5 Å². The van der Waals surface area contributed by atoms with Crippen molar-refractivity contribution in [2.75, 3.05) is 4.90 Å². The zero-order valence-corrected chi connectivity index (χ0v) is 17.8. The fourth-order valence-corrected chi connectivity index (χ4v) is 4.78. The second kappa shape index (κ2) is 7.29. The van der Waals surface area contributed by atoms with E-state index in [2.05, 4.69) is 45.0 Å². The number of ketones is 1. The van der Waals surface area contributed by atoms with E-state index >= 15 is 0 Å². The maximum atomic E-state index is 13.4. The first-order valence-corrected chi connectivity index (χ1v) is 10.5. The Morgan fingerprint density at radius 2 is 1.69 bits per heavy atom. The van der Waals surface area contributed by atoms with Gasteiger partial charge in [-0.2, -0.15) is 0 Å². The molecule has 0 aromatic heterocycles. The molecule has 4 rings (SSSR count). The number of benzene rings is 2. The molecular weight excluding hydrogens is 358 g/mol. The summed E-state index contributed by atoms with van der Waals surface area (Å²) in [6, 6.07) is 16.4. The fourth-order valence-electron chi connectivity index (χ4n) is 4.78. The predicted octanol–water partition coefficient (Wildman–Crippen LogP) is 5.72. The molecule has 2 aromatic carbocycles. The fraction of sp³-hybridized carbons (Fsp3) is 0.385. The van der Waals surface area contributed by atoms with Crippen LogP contribution in [0.3, 0.4) is 0 Å². The van der Waals surface area contributed by atoms with Gasteiger partial charge in [-0.1, -0.05) is 63.2 Å². The highest BCUT2D eigenvalue weighted by Gasteiger charge is 2.44. The number of hydrogen-bond donors (Lipinski definition) is 0. The maximum Gasteiger partial charge on any atom is 0.232 e.